The molecule has 0 radical (unpaired) electrons. The van der Waals surface area contributed by atoms with Crippen LogP contribution in [0.1, 0.15) is 41.0 Å². The highest BCUT2D eigenvalue weighted by molar-refractivity contribution is 5.81. The van der Waals surface area contributed by atoms with Crippen LogP contribution in [-0.4, -0.2) is 30.9 Å². The van der Waals surface area contributed by atoms with Crippen molar-refractivity contribution in [1.29, 1.82) is 0 Å². The first-order chi connectivity index (χ1) is 6.66. The molecule has 0 aliphatic carbocycles. The molecule has 0 saturated heterocycles. The van der Waals surface area contributed by atoms with E-state index in [1.165, 1.54) is 0 Å². The summed E-state index contributed by atoms with van der Waals surface area (Å²) in [5.41, 5.74) is 5.39. The quantitative estimate of drug-likeness (QED) is 0.759. The zero-order chi connectivity index (χ0) is 12.3. The average Bonchev–Trinajstić information content (AvgIpc) is 2.16. The van der Waals surface area contributed by atoms with Crippen molar-refractivity contribution in [3.05, 3.63) is 0 Å². The molecule has 2 N–H and O–H groups in total. The van der Waals surface area contributed by atoms with Crippen LogP contribution in [0.4, 0.5) is 0 Å². The van der Waals surface area contributed by atoms with E-state index in [1.54, 1.807) is 4.90 Å². The average molecular weight is 214 g/mol. The third-order valence-corrected chi connectivity index (χ3v) is 3.03. The van der Waals surface area contributed by atoms with E-state index in [1.807, 2.05) is 27.8 Å². The lowest BCUT2D eigenvalue weighted by molar-refractivity contribution is -0.140. The zero-order valence-electron chi connectivity index (χ0n) is 11.1. The van der Waals surface area contributed by atoms with E-state index in [0.29, 0.717) is 13.1 Å². The summed E-state index contributed by atoms with van der Waals surface area (Å²) in [5.74, 6) is 0.200. The maximum absolute atomic E-state index is 12.1. The largest absolute Gasteiger partial charge is 0.345 e. The fraction of sp³-hybridized carbons (Fsp3) is 0.917. The molecule has 0 heterocycles. The van der Waals surface area contributed by atoms with Gasteiger partial charge in [0.1, 0.15) is 0 Å². The summed E-state index contributed by atoms with van der Waals surface area (Å²) in [6, 6.07) is 0. The van der Waals surface area contributed by atoms with Gasteiger partial charge in [-0.15, -0.1) is 0 Å². The van der Waals surface area contributed by atoms with Crippen molar-refractivity contribution in [2.45, 2.75) is 41.0 Å². The number of hydrogen-bond acceptors (Lipinski definition) is 2. The molecule has 0 saturated carbocycles. The summed E-state index contributed by atoms with van der Waals surface area (Å²) in [6.07, 6.45) is 0.860. The number of hydrogen-bond donors (Lipinski definition) is 1. The van der Waals surface area contributed by atoms with Crippen LogP contribution in [-0.2, 0) is 4.79 Å². The van der Waals surface area contributed by atoms with Crippen molar-refractivity contribution in [2.24, 2.45) is 16.6 Å². The van der Waals surface area contributed by atoms with Crippen LogP contribution in [0.2, 0.25) is 0 Å². The molecule has 3 nitrogen and oxygen atoms in total. The summed E-state index contributed by atoms with van der Waals surface area (Å²) >= 11 is 0. The van der Waals surface area contributed by atoms with E-state index in [9.17, 15) is 4.79 Å². The second-order valence-electron chi connectivity index (χ2n) is 5.77. The molecule has 15 heavy (non-hydrogen) atoms. The SMILES string of the molecule is CCC(C)(C)C(=O)N(C)CC(C)(C)CN. The Hall–Kier alpha value is -0.570. The van der Waals surface area contributed by atoms with Gasteiger partial charge in [-0.3, -0.25) is 4.79 Å². The summed E-state index contributed by atoms with van der Waals surface area (Å²) in [4.78, 5) is 13.9. The van der Waals surface area contributed by atoms with Gasteiger partial charge < -0.3 is 10.6 Å². The molecule has 0 aromatic rings. The molecule has 0 aliphatic heterocycles. The van der Waals surface area contributed by atoms with Crippen LogP contribution in [0, 0.1) is 10.8 Å². The highest BCUT2D eigenvalue weighted by Gasteiger charge is 2.30. The molecule has 3 heteroatoms. The summed E-state index contributed by atoms with van der Waals surface area (Å²) < 4.78 is 0. The van der Waals surface area contributed by atoms with Gasteiger partial charge in [-0.05, 0) is 18.4 Å². The fourth-order valence-electron chi connectivity index (χ4n) is 1.45. The number of rotatable bonds is 5. The van der Waals surface area contributed by atoms with Gasteiger partial charge in [-0.1, -0.05) is 34.6 Å². The molecule has 0 aliphatic rings. The smallest absolute Gasteiger partial charge is 0.227 e. The van der Waals surface area contributed by atoms with E-state index in [-0.39, 0.29) is 16.7 Å². The second kappa shape index (κ2) is 4.97. The standard InChI is InChI=1S/C12H26N2O/c1-7-12(4,5)10(15)14(6)9-11(2,3)8-13/h7-9,13H2,1-6H3. The van der Waals surface area contributed by atoms with E-state index >= 15 is 0 Å². The molecule has 0 aromatic carbocycles. The normalized spacial score (nSPS) is 12.7. The maximum Gasteiger partial charge on any atom is 0.227 e. The number of amides is 1. The van der Waals surface area contributed by atoms with Gasteiger partial charge in [0.15, 0.2) is 0 Å². The molecule has 0 fully saturated rings. The van der Waals surface area contributed by atoms with Crippen LogP contribution in [0.5, 0.6) is 0 Å². The van der Waals surface area contributed by atoms with Gasteiger partial charge in [0.05, 0.1) is 0 Å². The molecule has 0 atom stereocenters. The fourth-order valence-corrected chi connectivity index (χ4v) is 1.45. The van der Waals surface area contributed by atoms with Crippen molar-refractivity contribution in [1.82, 2.24) is 4.90 Å². The van der Waals surface area contributed by atoms with Crippen LogP contribution in [0.15, 0.2) is 0 Å². The molecule has 0 rings (SSSR count). The first-order valence-electron chi connectivity index (χ1n) is 5.62. The molecule has 90 valence electrons. The van der Waals surface area contributed by atoms with E-state index in [2.05, 4.69) is 13.8 Å². The molecular formula is C12H26N2O. The van der Waals surface area contributed by atoms with Gasteiger partial charge in [0, 0.05) is 19.0 Å². The minimum atomic E-state index is -0.264. The van der Waals surface area contributed by atoms with Crippen LogP contribution >= 0.6 is 0 Å². The number of nitrogens with zero attached hydrogens (tertiary/aromatic N) is 1. The summed E-state index contributed by atoms with van der Waals surface area (Å²) in [6.45, 7) is 11.5. The minimum Gasteiger partial charge on any atom is -0.345 e. The lowest BCUT2D eigenvalue weighted by Gasteiger charge is -2.34. The Morgan fingerprint density at radius 3 is 2.07 bits per heavy atom. The molecule has 0 spiro atoms. The lowest BCUT2D eigenvalue weighted by Crippen LogP contribution is -2.44. The zero-order valence-corrected chi connectivity index (χ0v) is 11.1. The number of carbonyl (C=O) groups excluding carboxylic acids is 1. The summed E-state index contributed by atoms with van der Waals surface area (Å²) in [5, 5.41) is 0. The van der Waals surface area contributed by atoms with E-state index in [0.717, 1.165) is 6.42 Å². The van der Waals surface area contributed by atoms with Gasteiger partial charge in [-0.25, -0.2) is 0 Å². The van der Waals surface area contributed by atoms with Gasteiger partial charge >= 0.3 is 0 Å². The Morgan fingerprint density at radius 2 is 1.73 bits per heavy atom. The molecule has 0 unspecified atom stereocenters. The third-order valence-electron chi connectivity index (χ3n) is 3.03. The highest BCUT2D eigenvalue weighted by atomic mass is 16.2. The first-order valence-corrected chi connectivity index (χ1v) is 5.62. The van der Waals surface area contributed by atoms with Crippen molar-refractivity contribution in [3.63, 3.8) is 0 Å². The van der Waals surface area contributed by atoms with Gasteiger partial charge in [0.25, 0.3) is 0 Å². The van der Waals surface area contributed by atoms with E-state index in [4.69, 9.17) is 5.73 Å². The Morgan fingerprint density at radius 1 is 1.27 bits per heavy atom. The Balaban J connectivity index is 4.47. The molecular weight excluding hydrogens is 188 g/mol. The lowest BCUT2D eigenvalue weighted by atomic mass is 9.87. The van der Waals surface area contributed by atoms with Crippen molar-refractivity contribution < 1.29 is 4.79 Å². The van der Waals surface area contributed by atoms with Crippen molar-refractivity contribution in [2.75, 3.05) is 20.1 Å². The number of nitrogens with two attached hydrogens (primary N) is 1. The van der Waals surface area contributed by atoms with Gasteiger partial charge in [-0.2, -0.15) is 0 Å². The van der Waals surface area contributed by atoms with Crippen molar-refractivity contribution in [3.8, 4) is 0 Å². The monoisotopic (exact) mass is 214 g/mol. The highest BCUT2D eigenvalue weighted by Crippen LogP contribution is 2.24. The van der Waals surface area contributed by atoms with Crippen LogP contribution < -0.4 is 5.73 Å². The Kier molecular flexibility index (Phi) is 4.78. The summed E-state index contributed by atoms with van der Waals surface area (Å²) in [7, 11) is 1.86. The third kappa shape index (κ3) is 4.20. The Labute approximate surface area is 94.0 Å². The number of carbonyl (C=O) groups is 1. The molecule has 0 bridgehead atoms. The predicted molar refractivity (Wildman–Crippen MR) is 64.5 cm³/mol. The predicted octanol–water partition coefficient (Wildman–Crippen LogP) is 1.87. The Bertz CT molecular complexity index is 222. The topological polar surface area (TPSA) is 46.3 Å². The molecule has 0 aromatic heterocycles. The first kappa shape index (κ1) is 14.4. The van der Waals surface area contributed by atoms with Gasteiger partial charge in [0.2, 0.25) is 5.91 Å². The van der Waals surface area contributed by atoms with Crippen LogP contribution in [0.3, 0.4) is 0 Å². The molecule has 1 amide bonds. The van der Waals surface area contributed by atoms with Crippen LogP contribution in [0.25, 0.3) is 0 Å². The van der Waals surface area contributed by atoms with E-state index < -0.39 is 0 Å². The maximum atomic E-state index is 12.1. The second-order valence-corrected chi connectivity index (χ2v) is 5.77. The minimum absolute atomic E-state index is 0.00572. The van der Waals surface area contributed by atoms with Crippen molar-refractivity contribution >= 4 is 5.91 Å².